The number of ether oxygens (including phenoxy) is 4. The molecule has 0 atom stereocenters. The van der Waals surface area contributed by atoms with Crippen LogP contribution in [-0.2, 0) is 35.3 Å². The summed E-state index contributed by atoms with van der Waals surface area (Å²) in [7, 11) is -3.46. The van der Waals surface area contributed by atoms with Crippen LogP contribution in [0.2, 0.25) is 0 Å². The average Bonchev–Trinajstić information content (AvgIpc) is 3.23. The first-order valence-corrected chi connectivity index (χ1v) is 13.5. The van der Waals surface area contributed by atoms with Gasteiger partial charge in [-0.1, -0.05) is 12.1 Å². The summed E-state index contributed by atoms with van der Waals surface area (Å²) in [6.07, 6.45) is 1.11. The molecule has 1 aliphatic rings. The van der Waals surface area contributed by atoms with Gasteiger partial charge in [-0.15, -0.1) is 0 Å². The molecular weight excluding hydrogens is 522 g/mol. The zero-order valence-electron chi connectivity index (χ0n) is 20.7. The van der Waals surface area contributed by atoms with Crippen LogP contribution in [0.5, 0.6) is 11.5 Å². The molecule has 38 heavy (non-hydrogen) atoms. The molecule has 11 heteroatoms. The Bertz CT molecular complexity index is 1460. The van der Waals surface area contributed by atoms with Crippen molar-refractivity contribution in [3.05, 3.63) is 77.4 Å². The molecule has 0 amide bonds. The number of halogens is 2. The van der Waals surface area contributed by atoms with Crippen LogP contribution >= 0.6 is 0 Å². The fourth-order valence-electron chi connectivity index (χ4n) is 4.02. The molecule has 3 aromatic carbocycles. The third kappa shape index (κ3) is 5.33. The van der Waals surface area contributed by atoms with E-state index in [1.165, 1.54) is 36.4 Å². The van der Waals surface area contributed by atoms with Crippen molar-refractivity contribution in [3.8, 4) is 22.6 Å². The number of esters is 2. The van der Waals surface area contributed by atoms with Crippen LogP contribution in [0.3, 0.4) is 0 Å². The number of rotatable bonds is 8. The number of sulfone groups is 1. The molecule has 0 spiro atoms. The van der Waals surface area contributed by atoms with Gasteiger partial charge in [0.25, 0.3) is 0 Å². The van der Waals surface area contributed by atoms with Crippen molar-refractivity contribution < 1.29 is 45.7 Å². The quantitative estimate of drug-likeness (QED) is 0.306. The van der Waals surface area contributed by atoms with Crippen LogP contribution in [0.4, 0.5) is 8.78 Å². The minimum Gasteiger partial charge on any atom is -0.460 e. The van der Waals surface area contributed by atoms with E-state index < -0.39 is 39.2 Å². The Kier molecular flexibility index (Phi) is 7.41. The van der Waals surface area contributed by atoms with Crippen molar-refractivity contribution >= 4 is 21.8 Å². The van der Waals surface area contributed by atoms with E-state index in [4.69, 9.17) is 18.9 Å². The topological polar surface area (TPSA) is 105 Å². The molecule has 8 nitrogen and oxygen atoms in total. The van der Waals surface area contributed by atoms with Crippen molar-refractivity contribution in [3.63, 3.8) is 0 Å². The lowest BCUT2D eigenvalue weighted by Crippen LogP contribution is -2.55. The van der Waals surface area contributed by atoms with Gasteiger partial charge in [-0.2, -0.15) is 0 Å². The minimum atomic E-state index is -3.46. The number of hydrogen-bond donors (Lipinski definition) is 0. The first-order valence-electron chi connectivity index (χ1n) is 11.6. The van der Waals surface area contributed by atoms with Crippen molar-refractivity contribution in [2.24, 2.45) is 0 Å². The Balaban J connectivity index is 1.84. The monoisotopic (exact) mass is 546 g/mol. The highest BCUT2D eigenvalue weighted by atomic mass is 32.2. The van der Waals surface area contributed by atoms with Crippen molar-refractivity contribution in [1.29, 1.82) is 0 Å². The van der Waals surface area contributed by atoms with Crippen LogP contribution in [0, 0.1) is 11.6 Å². The van der Waals surface area contributed by atoms with E-state index in [9.17, 15) is 26.8 Å². The maximum absolute atomic E-state index is 13.9. The SMILES string of the molecule is CCOC(=O)C1(C(=O)OCC)Oc2cc(Cc3cc(F)cc(F)c3)c(-c3ccc(S(C)(=O)=O)cc3)cc2O1. The second-order valence-corrected chi connectivity index (χ2v) is 10.5. The molecule has 0 aromatic heterocycles. The van der Waals surface area contributed by atoms with Gasteiger partial charge in [-0.05, 0) is 78.9 Å². The minimum absolute atomic E-state index is 0.00878. The molecular formula is C27H24F2O8S. The molecule has 0 radical (unpaired) electrons. The third-order valence-electron chi connectivity index (χ3n) is 5.68. The fraction of sp³-hybridized carbons (Fsp3) is 0.259. The van der Waals surface area contributed by atoms with Crippen LogP contribution in [0.25, 0.3) is 11.1 Å². The Morgan fingerprint density at radius 3 is 1.87 bits per heavy atom. The lowest BCUT2D eigenvalue weighted by molar-refractivity contribution is -0.202. The summed E-state index contributed by atoms with van der Waals surface area (Å²) in [5, 5.41) is 0. The van der Waals surface area contributed by atoms with Crippen molar-refractivity contribution in [2.45, 2.75) is 31.0 Å². The lowest BCUT2D eigenvalue weighted by atomic mass is 9.94. The van der Waals surface area contributed by atoms with E-state index in [1.54, 1.807) is 26.0 Å². The maximum Gasteiger partial charge on any atom is 0.453 e. The smallest absolute Gasteiger partial charge is 0.453 e. The van der Waals surface area contributed by atoms with Gasteiger partial charge < -0.3 is 18.9 Å². The summed E-state index contributed by atoms with van der Waals surface area (Å²) in [5.74, 6) is -6.25. The summed E-state index contributed by atoms with van der Waals surface area (Å²) in [6.45, 7) is 2.98. The van der Waals surface area contributed by atoms with Gasteiger partial charge in [0.05, 0.1) is 18.1 Å². The molecule has 0 fully saturated rings. The lowest BCUT2D eigenvalue weighted by Gasteiger charge is -2.22. The maximum atomic E-state index is 13.9. The average molecular weight is 547 g/mol. The highest BCUT2D eigenvalue weighted by Crippen LogP contribution is 2.45. The molecule has 0 aliphatic carbocycles. The van der Waals surface area contributed by atoms with Crippen LogP contribution in [-0.4, -0.2) is 45.6 Å². The van der Waals surface area contributed by atoms with Crippen LogP contribution in [0.1, 0.15) is 25.0 Å². The van der Waals surface area contributed by atoms with E-state index in [2.05, 4.69) is 0 Å². The molecule has 0 unspecified atom stereocenters. The van der Waals surface area contributed by atoms with E-state index in [0.717, 1.165) is 12.3 Å². The van der Waals surface area contributed by atoms with Crippen molar-refractivity contribution in [2.75, 3.05) is 19.5 Å². The first kappa shape index (κ1) is 27.1. The first-order chi connectivity index (χ1) is 18.0. The second-order valence-electron chi connectivity index (χ2n) is 8.47. The van der Waals surface area contributed by atoms with Gasteiger partial charge in [0.1, 0.15) is 11.6 Å². The number of carbonyl (C=O) groups is 2. The summed E-state index contributed by atoms with van der Waals surface area (Å²) in [5.41, 5.74) is 1.83. The number of fused-ring (bicyclic) bond motifs is 1. The van der Waals surface area contributed by atoms with Gasteiger partial charge >= 0.3 is 17.7 Å². The summed E-state index contributed by atoms with van der Waals surface area (Å²) in [4.78, 5) is 25.6. The van der Waals surface area contributed by atoms with Gasteiger partial charge in [0.2, 0.25) is 0 Å². The van der Waals surface area contributed by atoms with E-state index in [1.807, 2.05) is 0 Å². The zero-order chi connectivity index (χ0) is 27.7. The van der Waals surface area contributed by atoms with Gasteiger partial charge in [0.15, 0.2) is 21.3 Å². The largest absolute Gasteiger partial charge is 0.460 e. The molecule has 1 heterocycles. The Morgan fingerprint density at radius 1 is 0.842 bits per heavy atom. The summed E-state index contributed by atoms with van der Waals surface area (Å²) in [6, 6.07) is 12.0. The molecule has 200 valence electrons. The number of hydrogen-bond acceptors (Lipinski definition) is 8. The number of carbonyl (C=O) groups excluding carboxylic acids is 2. The molecule has 0 saturated carbocycles. The molecule has 3 aromatic rings. The highest BCUT2D eigenvalue weighted by molar-refractivity contribution is 7.90. The van der Waals surface area contributed by atoms with Gasteiger partial charge in [0, 0.05) is 12.3 Å². The predicted molar refractivity (Wildman–Crippen MR) is 131 cm³/mol. The van der Waals surface area contributed by atoms with Crippen molar-refractivity contribution in [1.82, 2.24) is 0 Å². The van der Waals surface area contributed by atoms with Crippen LogP contribution in [0.15, 0.2) is 59.5 Å². The third-order valence-corrected chi connectivity index (χ3v) is 6.80. The zero-order valence-corrected chi connectivity index (χ0v) is 21.6. The summed E-state index contributed by atoms with van der Waals surface area (Å²) >= 11 is 0. The highest BCUT2D eigenvalue weighted by Gasteiger charge is 2.59. The molecule has 1 aliphatic heterocycles. The molecule has 0 N–H and O–H groups in total. The van der Waals surface area contributed by atoms with Gasteiger partial charge in [-0.3, -0.25) is 0 Å². The molecule has 0 bridgehead atoms. The van der Waals surface area contributed by atoms with E-state index in [-0.39, 0.29) is 36.0 Å². The Labute approximate surface area is 218 Å². The van der Waals surface area contributed by atoms with Crippen LogP contribution < -0.4 is 9.47 Å². The second kappa shape index (κ2) is 10.4. The van der Waals surface area contributed by atoms with Gasteiger partial charge in [-0.25, -0.2) is 26.8 Å². The Morgan fingerprint density at radius 2 is 1.37 bits per heavy atom. The summed E-state index contributed by atoms with van der Waals surface area (Å²) < 4.78 is 73.1. The standard InChI is InChI=1S/C27H24F2O8S/c1-4-34-25(30)27(26(31)35-5-2)36-23-13-18(10-16-11-19(28)14-20(29)12-16)22(15-24(23)37-27)17-6-8-21(9-7-17)38(3,32)33/h6-9,11-15H,4-5,10H2,1-3H3. The molecule has 0 saturated heterocycles. The predicted octanol–water partition coefficient (Wildman–Crippen LogP) is 4.22. The fourth-order valence-corrected chi connectivity index (χ4v) is 4.65. The normalized spacial score (nSPS) is 13.7. The van der Waals surface area contributed by atoms with E-state index >= 15 is 0 Å². The number of benzene rings is 3. The Hall–Kier alpha value is -3.99. The van der Waals surface area contributed by atoms with E-state index in [0.29, 0.717) is 22.3 Å². The molecule has 4 rings (SSSR count).